The van der Waals surface area contributed by atoms with Crippen LogP contribution in [0.5, 0.6) is 5.75 Å². The lowest BCUT2D eigenvalue weighted by Crippen LogP contribution is -2.35. The number of para-hydroxylation sites is 1. The molecule has 1 heterocycles. The maximum atomic E-state index is 12.7. The van der Waals surface area contributed by atoms with Crippen molar-refractivity contribution in [2.24, 2.45) is 0 Å². The average molecular weight is 378 g/mol. The molecule has 0 unspecified atom stereocenters. The molecule has 1 aliphatic heterocycles. The van der Waals surface area contributed by atoms with E-state index in [2.05, 4.69) is 10.1 Å². The molecule has 0 bridgehead atoms. The van der Waals surface area contributed by atoms with Gasteiger partial charge in [-0.2, -0.15) is 0 Å². The molecule has 0 saturated carbocycles. The number of rotatable bonds is 4. The highest BCUT2D eigenvalue weighted by Gasteiger charge is 2.40. The van der Waals surface area contributed by atoms with Gasteiger partial charge >= 0.3 is 6.36 Å². The van der Waals surface area contributed by atoms with Crippen LogP contribution in [0.25, 0.3) is 0 Å². The number of aryl methyl sites for hydroxylation is 2. The second kappa shape index (κ2) is 6.94. The lowest BCUT2D eigenvalue weighted by Gasteiger charge is -2.20. The number of carbonyl (C=O) groups is 2. The van der Waals surface area contributed by atoms with Crippen molar-refractivity contribution >= 4 is 23.2 Å². The maximum absolute atomic E-state index is 12.7. The number of halogens is 3. The molecule has 0 radical (unpaired) electrons. The van der Waals surface area contributed by atoms with Crippen molar-refractivity contribution < 1.29 is 27.5 Å². The van der Waals surface area contributed by atoms with Crippen LogP contribution in [0.1, 0.15) is 17.5 Å². The molecule has 1 N–H and O–H groups in total. The third-order valence-corrected chi connectivity index (χ3v) is 4.24. The van der Waals surface area contributed by atoms with Crippen molar-refractivity contribution in [2.45, 2.75) is 32.7 Å². The number of hydrogen-bond donors (Lipinski definition) is 1. The molecule has 2 amide bonds. The first-order chi connectivity index (χ1) is 12.7. The Bertz CT molecular complexity index is 859. The van der Waals surface area contributed by atoms with Gasteiger partial charge in [0, 0.05) is 5.69 Å². The summed E-state index contributed by atoms with van der Waals surface area (Å²) in [5, 5.41) is 2.90. The van der Waals surface area contributed by atoms with Crippen LogP contribution in [-0.2, 0) is 9.59 Å². The molecule has 1 fully saturated rings. The Balaban J connectivity index is 1.76. The standard InChI is InChI=1S/C19H17F3N2O3/c1-11-4-3-5-12(2)17(11)24-16(25)10-15(18(24)26)23-13-6-8-14(9-7-13)27-19(20,21)22/h3-9,15,23H,10H2,1-2H3/t15-/m0/s1. The number of anilines is 2. The van der Waals surface area contributed by atoms with Crippen LogP contribution in [0.3, 0.4) is 0 Å². The Labute approximate surface area is 153 Å². The van der Waals surface area contributed by atoms with Crippen LogP contribution in [0.4, 0.5) is 24.5 Å². The SMILES string of the molecule is Cc1cccc(C)c1N1C(=O)C[C@H](Nc2ccc(OC(F)(F)F)cc2)C1=O. The largest absolute Gasteiger partial charge is 0.573 e. The third kappa shape index (κ3) is 4.05. The highest BCUT2D eigenvalue weighted by Crippen LogP contribution is 2.31. The maximum Gasteiger partial charge on any atom is 0.573 e. The Morgan fingerprint density at radius 1 is 1.04 bits per heavy atom. The van der Waals surface area contributed by atoms with Crippen molar-refractivity contribution in [1.82, 2.24) is 0 Å². The first-order valence-electron chi connectivity index (χ1n) is 8.21. The second-order valence-corrected chi connectivity index (χ2v) is 6.28. The van der Waals surface area contributed by atoms with Gasteiger partial charge in [-0.05, 0) is 49.2 Å². The van der Waals surface area contributed by atoms with E-state index in [1.807, 2.05) is 32.0 Å². The van der Waals surface area contributed by atoms with Crippen LogP contribution < -0.4 is 15.0 Å². The quantitative estimate of drug-likeness (QED) is 0.819. The minimum absolute atomic E-state index is 0.0343. The summed E-state index contributed by atoms with van der Waals surface area (Å²) in [5.41, 5.74) is 2.61. The predicted octanol–water partition coefficient (Wildman–Crippen LogP) is 3.95. The molecular weight excluding hydrogens is 361 g/mol. The fraction of sp³-hybridized carbons (Fsp3) is 0.263. The smallest absolute Gasteiger partial charge is 0.406 e. The molecule has 3 rings (SSSR count). The molecule has 5 nitrogen and oxygen atoms in total. The minimum atomic E-state index is -4.77. The topological polar surface area (TPSA) is 58.6 Å². The van der Waals surface area contributed by atoms with E-state index in [1.165, 1.54) is 17.0 Å². The molecular formula is C19H17F3N2O3. The van der Waals surface area contributed by atoms with E-state index in [4.69, 9.17) is 0 Å². The zero-order valence-electron chi connectivity index (χ0n) is 14.6. The van der Waals surface area contributed by atoms with Gasteiger partial charge in [0.05, 0.1) is 12.1 Å². The van der Waals surface area contributed by atoms with E-state index in [-0.39, 0.29) is 18.1 Å². The van der Waals surface area contributed by atoms with E-state index < -0.39 is 18.3 Å². The summed E-state index contributed by atoms with van der Waals surface area (Å²) in [4.78, 5) is 26.3. The van der Waals surface area contributed by atoms with Crippen molar-refractivity contribution in [3.8, 4) is 5.75 Å². The summed E-state index contributed by atoms with van der Waals surface area (Å²) in [6, 6.07) is 9.71. The van der Waals surface area contributed by atoms with Crippen LogP contribution in [-0.4, -0.2) is 24.2 Å². The van der Waals surface area contributed by atoms with E-state index in [0.29, 0.717) is 11.4 Å². The van der Waals surface area contributed by atoms with Gasteiger partial charge < -0.3 is 10.1 Å². The van der Waals surface area contributed by atoms with Crippen LogP contribution in [0.2, 0.25) is 0 Å². The van der Waals surface area contributed by atoms with Crippen LogP contribution in [0, 0.1) is 13.8 Å². The molecule has 1 aliphatic rings. The summed E-state index contributed by atoms with van der Waals surface area (Å²) in [6.07, 6.45) is -4.80. The van der Waals surface area contributed by atoms with E-state index in [9.17, 15) is 22.8 Å². The fourth-order valence-electron chi connectivity index (χ4n) is 3.09. The average Bonchev–Trinajstić information content (AvgIpc) is 2.83. The summed E-state index contributed by atoms with van der Waals surface area (Å²) in [5.74, 6) is -1.08. The third-order valence-electron chi connectivity index (χ3n) is 4.24. The van der Waals surface area contributed by atoms with Crippen molar-refractivity contribution in [3.05, 3.63) is 53.6 Å². The van der Waals surface area contributed by atoms with Gasteiger partial charge in [0.15, 0.2) is 0 Å². The minimum Gasteiger partial charge on any atom is -0.406 e. The van der Waals surface area contributed by atoms with Gasteiger partial charge in [0.25, 0.3) is 5.91 Å². The molecule has 8 heteroatoms. The Morgan fingerprint density at radius 2 is 1.63 bits per heavy atom. The number of nitrogens with zero attached hydrogens (tertiary/aromatic N) is 1. The number of carbonyl (C=O) groups excluding carboxylic acids is 2. The first kappa shape index (κ1) is 18.8. The molecule has 1 atom stereocenters. The Kier molecular flexibility index (Phi) is 4.82. The fourth-order valence-corrected chi connectivity index (χ4v) is 3.09. The van der Waals surface area contributed by atoms with E-state index in [1.54, 1.807) is 0 Å². The molecule has 0 aromatic heterocycles. The zero-order valence-corrected chi connectivity index (χ0v) is 14.6. The van der Waals surface area contributed by atoms with E-state index in [0.717, 1.165) is 23.3 Å². The van der Waals surface area contributed by atoms with Gasteiger partial charge in [-0.25, -0.2) is 4.90 Å². The van der Waals surface area contributed by atoms with Crippen molar-refractivity contribution in [1.29, 1.82) is 0 Å². The summed E-state index contributed by atoms with van der Waals surface area (Å²) < 4.78 is 40.4. The number of imide groups is 1. The zero-order chi connectivity index (χ0) is 19.8. The lowest BCUT2D eigenvalue weighted by molar-refractivity contribution is -0.274. The van der Waals surface area contributed by atoms with E-state index >= 15 is 0 Å². The number of ether oxygens (including phenoxy) is 1. The first-order valence-corrected chi connectivity index (χ1v) is 8.21. The van der Waals surface area contributed by atoms with Gasteiger partial charge in [-0.1, -0.05) is 18.2 Å². The number of amides is 2. The van der Waals surface area contributed by atoms with Gasteiger partial charge in [-0.15, -0.1) is 13.2 Å². The second-order valence-electron chi connectivity index (χ2n) is 6.28. The van der Waals surface area contributed by atoms with Gasteiger partial charge in [0.2, 0.25) is 5.91 Å². The van der Waals surface area contributed by atoms with Crippen molar-refractivity contribution in [2.75, 3.05) is 10.2 Å². The molecule has 1 saturated heterocycles. The van der Waals surface area contributed by atoms with Crippen molar-refractivity contribution in [3.63, 3.8) is 0 Å². The monoisotopic (exact) mass is 378 g/mol. The summed E-state index contributed by atoms with van der Waals surface area (Å²) in [7, 11) is 0. The number of alkyl halides is 3. The molecule has 27 heavy (non-hydrogen) atoms. The van der Waals surface area contributed by atoms with Crippen LogP contribution >= 0.6 is 0 Å². The number of nitrogens with one attached hydrogen (secondary N) is 1. The molecule has 142 valence electrons. The molecule has 0 aliphatic carbocycles. The summed E-state index contributed by atoms with van der Waals surface area (Å²) >= 11 is 0. The number of benzene rings is 2. The van der Waals surface area contributed by atoms with Gasteiger partial charge in [-0.3, -0.25) is 9.59 Å². The summed E-state index contributed by atoms with van der Waals surface area (Å²) in [6.45, 7) is 3.64. The van der Waals surface area contributed by atoms with Gasteiger partial charge in [0.1, 0.15) is 11.8 Å². The molecule has 0 spiro atoms. The Hall–Kier alpha value is -3.03. The van der Waals surface area contributed by atoms with Crippen LogP contribution in [0.15, 0.2) is 42.5 Å². The Morgan fingerprint density at radius 3 is 2.19 bits per heavy atom. The molecule has 2 aromatic rings. The highest BCUT2D eigenvalue weighted by atomic mass is 19.4. The highest BCUT2D eigenvalue weighted by molar-refractivity contribution is 6.23. The number of hydrogen-bond acceptors (Lipinski definition) is 4. The predicted molar refractivity (Wildman–Crippen MR) is 93.6 cm³/mol. The molecule has 2 aromatic carbocycles. The lowest BCUT2D eigenvalue weighted by atomic mass is 10.1. The normalized spacial score (nSPS) is 17.4.